The van der Waals surface area contributed by atoms with Crippen LogP contribution in [0.3, 0.4) is 0 Å². The van der Waals surface area contributed by atoms with Crippen molar-refractivity contribution >= 4 is 56.5 Å². The first kappa shape index (κ1) is 17.5. The molecule has 2 nitrogen and oxygen atoms in total. The van der Waals surface area contributed by atoms with Crippen molar-refractivity contribution in [2.75, 3.05) is 0 Å². The summed E-state index contributed by atoms with van der Waals surface area (Å²) in [7, 11) is 0. The number of aryl methyl sites for hydroxylation is 2. The molecule has 2 aromatic heterocycles. The Morgan fingerprint density at radius 2 is 1.74 bits per heavy atom. The molecule has 0 bridgehead atoms. The Morgan fingerprint density at radius 3 is 2.56 bits per heavy atom. The fraction of sp³-hybridized carbons (Fsp3) is 0.143. The molecule has 0 fully saturated rings. The van der Waals surface area contributed by atoms with Crippen LogP contribution in [0.25, 0.3) is 21.6 Å². The van der Waals surface area contributed by atoms with Crippen LogP contribution in [0.5, 0.6) is 0 Å². The van der Waals surface area contributed by atoms with Gasteiger partial charge in [-0.05, 0) is 61.2 Å². The lowest BCUT2D eigenvalue weighted by Gasteiger charge is -2.09. The second-order valence-electron chi connectivity index (χ2n) is 6.43. The van der Waals surface area contributed by atoms with Crippen molar-refractivity contribution in [1.82, 2.24) is 9.97 Å². The van der Waals surface area contributed by atoms with Gasteiger partial charge >= 0.3 is 0 Å². The molecule has 0 N–H and O–H groups in total. The van der Waals surface area contributed by atoms with E-state index in [1.54, 1.807) is 23.1 Å². The lowest BCUT2D eigenvalue weighted by atomic mass is 10.2. The van der Waals surface area contributed by atoms with Gasteiger partial charge in [0, 0.05) is 25.7 Å². The number of halogens is 2. The highest BCUT2D eigenvalue weighted by molar-refractivity contribution is 7.99. The topological polar surface area (TPSA) is 25.8 Å². The third kappa shape index (κ3) is 3.25. The van der Waals surface area contributed by atoms with Gasteiger partial charge in [-0.2, -0.15) is 0 Å². The summed E-state index contributed by atoms with van der Waals surface area (Å²) in [5.41, 5.74) is 2.39. The lowest BCUT2D eigenvalue weighted by molar-refractivity contribution is 0.915. The minimum Gasteiger partial charge on any atom is -0.221 e. The van der Waals surface area contributed by atoms with Gasteiger partial charge in [0.15, 0.2) is 5.82 Å². The van der Waals surface area contributed by atoms with Crippen molar-refractivity contribution in [1.29, 1.82) is 0 Å². The van der Waals surface area contributed by atoms with Crippen LogP contribution in [-0.4, -0.2) is 9.97 Å². The fourth-order valence-corrected chi connectivity index (χ4v) is 6.07. The summed E-state index contributed by atoms with van der Waals surface area (Å²) in [6.07, 6.45) is 3.46. The Kier molecular flexibility index (Phi) is 4.60. The molecule has 0 saturated carbocycles. The molecule has 2 heterocycles. The normalized spacial score (nSPS) is 13.3. The zero-order chi connectivity index (χ0) is 18.4. The molecule has 6 heteroatoms. The van der Waals surface area contributed by atoms with E-state index in [9.17, 15) is 0 Å². The molecule has 5 rings (SSSR count). The predicted octanol–water partition coefficient (Wildman–Crippen LogP) is 7.31. The Hall–Kier alpha value is -1.59. The molecule has 27 heavy (non-hydrogen) atoms. The van der Waals surface area contributed by atoms with Crippen LogP contribution in [0.15, 0.2) is 58.5 Å². The summed E-state index contributed by atoms with van der Waals surface area (Å²) in [6.45, 7) is 0. The van der Waals surface area contributed by atoms with E-state index < -0.39 is 0 Å². The molecule has 0 spiro atoms. The van der Waals surface area contributed by atoms with Gasteiger partial charge < -0.3 is 0 Å². The minimum atomic E-state index is 0.709. The van der Waals surface area contributed by atoms with Gasteiger partial charge in [0.2, 0.25) is 0 Å². The van der Waals surface area contributed by atoms with Crippen molar-refractivity contribution in [3.63, 3.8) is 0 Å². The van der Waals surface area contributed by atoms with Gasteiger partial charge in [-0.25, -0.2) is 9.97 Å². The molecule has 0 radical (unpaired) electrons. The molecule has 2 aromatic carbocycles. The summed E-state index contributed by atoms with van der Waals surface area (Å²) in [5, 5.41) is 3.64. The van der Waals surface area contributed by atoms with Gasteiger partial charge in [-0.1, -0.05) is 47.1 Å². The van der Waals surface area contributed by atoms with Crippen LogP contribution in [0.2, 0.25) is 10.0 Å². The van der Waals surface area contributed by atoms with Gasteiger partial charge in [0.05, 0.1) is 5.02 Å². The standard InChI is InChI=1S/C21H14Cl2N2S2/c22-13-10-8-12(9-11-13)19-24-20-18(14-4-3-7-16(14)26-20)21(25-19)27-17-6-2-1-5-15(17)23/h1-2,5-6,8-11H,3-4,7H2. The van der Waals surface area contributed by atoms with Crippen molar-refractivity contribution in [2.24, 2.45) is 0 Å². The van der Waals surface area contributed by atoms with Gasteiger partial charge in [-0.3, -0.25) is 0 Å². The summed E-state index contributed by atoms with van der Waals surface area (Å²) >= 11 is 15.9. The highest BCUT2D eigenvalue weighted by Crippen LogP contribution is 2.44. The van der Waals surface area contributed by atoms with Crippen LogP contribution in [0.4, 0.5) is 0 Å². The maximum absolute atomic E-state index is 6.41. The van der Waals surface area contributed by atoms with E-state index in [0.29, 0.717) is 5.02 Å². The molecule has 0 saturated heterocycles. The van der Waals surface area contributed by atoms with E-state index in [1.165, 1.54) is 22.2 Å². The van der Waals surface area contributed by atoms with Crippen LogP contribution in [-0.2, 0) is 12.8 Å². The summed E-state index contributed by atoms with van der Waals surface area (Å²) in [5.74, 6) is 0.730. The molecule has 134 valence electrons. The number of benzene rings is 2. The number of aromatic nitrogens is 2. The first-order valence-electron chi connectivity index (χ1n) is 8.69. The molecule has 0 atom stereocenters. The van der Waals surface area contributed by atoms with Crippen LogP contribution in [0.1, 0.15) is 16.9 Å². The van der Waals surface area contributed by atoms with E-state index in [2.05, 4.69) is 0 Å². The highest BCUT2D eigenvalue weighted by Gasteiger charge is 2.23. The Morgan fingerprint density at radius 1 is 0.926 bits per heavy atom. The fourth-order valence-electron chi connectivity index (χ4n) is 3.40. The number of hydrogen-bond donors (Lipinski definition) is 0. The van der Waals surface area contributed by atoms with E-state index >= 15 is 0 Å². The maximum Gasteiger partial charge on any atom is 0.162 e. The van der Waals surface area contributed by atoms with Gasteiger partial charge in [-0.15, -0.1) is 11.3 Å². The van der Waals surface area contributed by atoms with Crippen molar-refractivity contribution in [2.45, 2.75) is 29.2 Å². The molecule has 1 aliphatic rings. The third-order valence-corrected chi connectivity index (χ3v) is 7.62. The molecule has 0 amide bonds. The van der Waals surface area contributed by atoms with E-state index in [0.717, 1.165) is 44.0 Å². The second-order valence-corrected chi connectivity index (χ2v) is 9.39. The smallest absolute Gasteiger partial charge is 0.162 e. The number of hydrogen-bond acceptors (Lipinski definition) is 4. The summed E-state index contributed by atoms with van der Waals surface area (Å²) in [6, 6.07) is 15.6. The molecule has 1 aliphatic carbocycles. The highest BCUT2D eigenvalue weighted by atomic mass is 35.5. The average molecular weight is 429 g/mol. The van der Waals surface area contributed by atoms with Gasteiger partial charge in [0.1, 0.15) is 9.86 Å². The number of nitrogens with zero attached hydrogens (tertiary/aromatic N) is 2. The lowest BCUT2D eigenvalue weighted by Crippen LogP contribution is -1.93. The van der Waals surface area contributed by atoms with Crippen molar-refractivity contribution in [3.05, 3.63) is 69.0 Å². The van der Waals surface area contributed by atoms with Crippen LogP contribution in [0, 0.1) is 0 Å². The minimum absolute atomic E-state index is 0.709. The molecular formula is C21H14Cl2N2S2. The monoisotopic (exact) mass is 428 g/mol. The molecule has 4 aromatic rings. The number of fused-ring (bicyclic) bond motifs is 3. The second kappa shape index (κ2) is 7.10. The van der Waals surface area contributed by atoms with Crippen molar-refractivity contribution in [3.8, 4) is 11.4 Å². The number of rotatable bonds is 3. The molecule has 0 aliphatic heterocycles. The summed E-state index contributed by atoms with van der Waals surface area (Å²) in [4.78, 5) is 13.4. The zero-order valence-corrected chi connectivity index (χ0v) is 17.4. The Balaban J connectivity index is 1.71. The molecule has 0 unspecified atom stereocenters. The maximum atomic E-state index is 6.41. The number of thiophene rings is 1. The van der Waals surface area contributed by atoms with E-state index in [1.807, 2.05) is 48.5 Å². The van der Waals surface area contributed by atoms with E-state index in [4.69, 9.17) is 33.2 Å². The van der Waals surface area contributed by atoms with Gasteiger partial charge in [0.25, 0.3) is 0 Å². The third-order valence-electron chi connectivity index (χ3n) is 4.68. The molecular weight excluding hydrogens is 415 g/mol. The van der Waals surface area contributed by atoms with Crippen molar-refractivity contribution < 1.29 is 0 Å². The SMILES string of the molecule is Clc1ccc(-c2nc(Sc3ccccc3Cl)c3c4c(sc3n2)CCC4)cc1. The van der Waals surface area contributed by atoms with Crippen LogP contribution < -0.4 is 0 Å². The quantitative estimate of drug-likeness (QED) is 0.320. The largest absolute Gasteiger partial charge is 0.221 e. The zero-order valence-electron chi connectivity index (χ0n) is 14.2. The van der Waals surface area contributed by atoms with E-state index in [-0.39, 0.29) is 0 Å². The Bertz CT molecular complexity index is 1150. The van der Waals surface area contributed by atoms with Crippen LogP contribution >= 0.6 is 46.3 Å². The first-order valence-corrected chi connectivity index (χ1v) is 11.1. The summed E-state index contributed by atoms with van der Waals surface area (Å²) < 4.78 is 0. The Labute approximate surface area is 175 Å². The predicted molar refractivity (Wildman–Crippen MR) is 115 cm³/mol. The first-order chi connectivity index (χ1) is 13.2. The average Bonchev–Trinajstić information content (AvgIpc) is 3.25.